The highest BCUT2D eigenvalue weighted by Gasteiger charge is 2.51. The summed E-state index contributed by atoms with van der Waals surface area (Å²) in [5, 5.41) is 3.47. The molecule has 2 amide bonds. The van der Waals surface area contributed by atoms with E-state index in [0.717, 1.165) is 50.4 Å². The molecule has 1 N–H and O–H groups in total. The van der Waals surface area contributed by atoms with Crippen LogP contribution in [0.3, 0.4) is 0 Å². The van der Waals surface area contributed by atoms with E-state index >= 15 is 0 Å². The molecule has 0 aromatic heterocycles. The van der Waals surface area contributed by atoms with Crippen LogP contribution in [0.1, 0.15) is 51.9 Å². The summed E-state index contributed by atoms with van der Waals surface area (Å²) in [5.41, 5.74) is 0.114. The molecule has 0 unspecified atom stereocenters. The van der Waals surface area contributed by atoms with Crippen LogP contribution in [0.2, 0.25) is 0 Å². The minimum Gasteiger partial charge on any atom is -0.350 e. The van der Waals surface area contributed by atoms with Gasteiger partial charge in [-0.15, -0.1) is 0 Å². The van der Waals surface area contributed by atoms with Gasteiger partial charge in [0, 0.05) is 38.6 Å². The van der Waals surface area contributed by atoms with Gasteiger partial charge in [0.05, 0.1) is 6.54 Å². The number of amides is 2. The Bertz CT molecular complexity index is 483. The van der Waals surface area contributed by atoms with Crippen molar-refractivity contribution in [1.82, 2.24) is 15.1 Å². The summed E-state index contributed by atoms with van der Waals surface area (Å²) in [6, 6.07) is 0. The fraction of sp³-hybridized carbons (Fsp3) is 0.895. The van der Waals surface area contributed by atoms with Crippen molar-refractivity contribution in [2.45, 2.75) is 57.4 Å². The van der Waals surface area contributed by atoms with E-state index in [4.69, 9.17) is 0 Å². The maximum Gasteiger partial charge on any atom is 0.234 e. The largest absolute Gasteiger partial charge is 0.350 e. The van der Waals surface area contributed by atoms with Crippen LogP contribution in [0, 0.1) is 17.8 Å². The second-order valence-corrected chi connectivity index (χ2v) is 8.88. The van der Waals surface area contributed by atoms with Gasteiger partial charge >= 0.3 is 0 Å². The number of carbonyl (C=O) groups is 2. The third kappa shape index (κ3) is 3.32. The van der Waals surface area contributed by atoms with Crippen molar-refractivity contribution in [2.24, 2.45) is 17.8 Å². The molecular weight excluding hydrogens is 302 g/mol. The maximum atomic E-state index is 12.7. The van der Waals surface area contributed by atoms with Gasteiger partial charge in [0.15, 0.2) is 0 Å². The molecule has 4 aliphatic carbocycles. The summed E-state index contributed by atoms with van der Waals surface area (Å²) >= 11 is 0. The fourth-order valence-corrected chi connectivity index (χ4v) is 6.25. The zero-order chi connectivity index (χ0) is 16.7. The average molecular weight is 333 g/mol. The minimum atomic E-state index is 0.114. The van der Waals surface area contributed by atoms with Crippen molar-refractivity contribution in [3.8, 4) is 0 Å². The van der Waals surface area contributed by atoms with E-state index in [1.54, 1.807) is 6.92 Å². The molecule has 1 heterocycles. The topological polar surface area (TPSA) is 52.7 Å². The Morgan fingerprint density at radius 2 is 1.58 bits per heavy atom. The SMILES string of the molecule is CC(=O)N1CCCN(CC(=O)NC23CC4CC(CC(C4)C2)C3)CC1. The van der Waals surface area contributed by atoms with Crippen LogP contribution < -0.4 is 5.32 Å². The van der Waals surface area contributed by atoms with Gasteiger partial charge in [-0.3, -0.25) is 14.5 Å². The lowest BCUT2D eigenvalue weighted by Crippen LogP contribution is -2.61. The number of hydrogen-bond donors (Lipinski definition) is 1. The van der Waals surface area contributed by atoms with Crippen molar-refractivity contribution in [1.29, 1.82) is 0 Å². The molecule has 5 nitrogen and oxygen atoms in total. The lowest BCUT2D eigenvalue weighted by molar-refractivity contribution is -0.128. The van der Waals surface area contributed by atoms with Gasteiger partial charge in [-0.1, -0.05) is 0 Å². The molecule has 0 spiro atoms. The third-order valence-electron chi connectivity index (χ3n) is 6.84. The van der Waals surface area contributed by atoms with Crippen molar-refractivity contribution in [3.05, 3.63) is 0 Å². The van der Waals surface area contributed by atoms with Crippen molar-refractivity contribution < 1.29 is 9.59 Å². The Labute approximate surface area is 145 Å². The van der Waals surface area contributed by atoms with E-state index in [-0.39, 0.29) is 17.4 Å². The molecule has 0 atom stereocenters. The van der Waals surface area contributed by atoms with Gasteiger partial charge in [0.2, 0.25) is 11.8 Å². The molecule has 24 heavy (non-hydrogen) atoms. The Kier molecular flexibility index (Phi) is 4.31. The lowest BCUT2D eigenvalue weighted by Gasteiger charge is -2.57. The number of hydrogen-bond acceptors (Lipinski definition) is 3. The summed E-state index contributed by atoms with van der Waals surface area (Å²) in [6.07, 6.45) is 8.81. The second kappa shape index (κ2) is 6.32. The van der Waals surface area contributed by atoms with Crippen LogP contribution in [-0.2, 0) is 9.59 Å². The quantitative estimate of drug-likeness (QED) is 0.854. The number of rotatable bonds is 3. The summed E-state index contributed by atoms with van der Waals surface area (Å²) in [4.78, 5) is 28.3. The zero-order valence-corrected chi connectivity index (χ0v) is 14.9. The predicted molar refractivity (Wildman–Crippen MR) is 92.4 cm³/mol. The second-order valence-electron chi connectivity index (χ2n) is 8.88. The van der Waals surface area contributed by atoms with E-state index in [2.05, 4.69) is 10.2 Å². The molecule has 0 aromatic rings. The van der Waals surface area contributed by atoms with Gasteiger partial charge in [-0.2, -0.15) is 0 Å². The third-order valence-corrected chi connectivity index (χ3v) is 6.84. The molecule has 0 radical (unpaired) electrons. The average Bonchev–Trinajstić information content (AvgIpc) is 2.70. The summed E-state index contributed by atoms with van der Waals surface area (Å²) in [6.45, 7) is 5.43. The molecule has 0 aromatic carbocycles. The highest BCUT2D eigenvalue weighted by Crippen LogP contribution is 2.55. The Balaban J connectivity index is 1.31. The first-order valence-electron chi connectivity index (χ1n) is 9.80. The highest BCUT2D eigenvalue weighted by atomic mass is 16.2. The number of carbonyl (C=O) groups excluding carboxylic acids is 2. The van der Waals surface area contributed by atoms with Gasteiger partial charge in [-0.05, 0) is 62.7 Å². The van der Waals surface area contributed by atoms with Crippen LogP contribution in [0.15, 0.2) is 0 Å². The summed E-state index contributed by atoms with van der Waals surface area (Å²) < 4.78 is 0. The fourth-order valence-electron chi connectivity index (χ4n) is 6.25. The van der Waals surface area contributed by atoms with E-state index < -0.39 is 0 Å². The van der Waals surface area contributed by atoms with Crippen molar-refractivity contribution in [3.63, 3.8) is 0 Å². The monoisotopic (exact) mass is 333 g/mol. The zero-order valence-electron chi connectivity index (χ0n) is 14.9. The molecule has 1 aliphatic heterocycles. The highest BCUT2D eigenvalue weighted by molar-refractivity contribution is 5.79. The molecular formula is C19H31N3O2. The first kappa shape index (κ1) is 16.4. The van der Waals surface area contributed by atoms with E-state index in [9.17, 15) is 9.59 Å². The lowest BCUT2D eigenvalue weighted by atomic mass is 9.53. The molecule has 4 saturated carbocycles. The molecule has 5 aliphatic rings. The van der Waals surface area contributed by atoms with Crippen molar-refractivity contribution in [2.75, 3.05) is 32.7 Å². The molecule has 1 saturated heterocycles. The van der Waals surface area contributed by atoms with Crippen LogP contribution >= 0.6 is 0 Å². The van der Waals surface area contributed by atoms with Gasteiger partial charge in [0.25, 0.3) is 0 Å². The molecule has 4 bridgehead atoms. The van der Waals surface area contributed by atoms with Crippen LogP contribution in [-0.4, -0.2) is 59.9 Å². The normalized spacial score (nSPS) is 38.9. The molecule has 5 rings (SSSR count). The molecule has 134 valence electrons. The Hall–Kier alpha value is -1.10. The standard InChI is InChI=1S/C19H31N3O2/c1-14(23)22-4-2-3-21(5-6-22)13-18(24)20-19-10-15-7-16(11-19)9-17(8-15)12-19/h15-17H,2-13H2,1H3,(H,20,24). The molecule has 5 heteroatoms. The van der Waals surface area contributed by atoms with Crippen LogP contribution in [0.4, 0.5) is 0 Å². The smallest absolute Gasteiger partial charge is 0.234 e. The summed E-state index contributed by atoms with van der Waals surface area (Å²) in [7, 11) is 0. The van der Waals surface area contributed by atoms with Crippen LogP contribution in [0.5, 0.6) is 0 Å². The van der Waals surface area contributed by atoms with E-state index in [1.165, 1.54) is 38.5 Å². The maximum absolute atomic E-state index is 12.7. The first-order valence-corrected chi connectivity index (χ1v) is 9.80. The van der Waals surface area contributed by atoms with E-state index in [1.807, 2.05) is 4.90 Å². The Morgan fingerprint density at radius 3 is 2.17 bits per heavy atom. The minimum absolute atomic E-state index is 0.114. The van der Waals surface area contributed by atoms with E-state index in [0.29, 0.717) is 6.54 Å². The van der Waals surface area contributed by atoms with Crippen LogP contribution in [0.25, 0.3) is 0 Å². The van der Waals surface area contributed by atoms with Gasteiger partial charge < -0.3 is 10.2 Å². The predicted octanol–water partition coefficient (Wildman–Crippen LogP) is 1.63. The van der Waals surface area contributed by atoms with Crippen molar-refractivity contribution >= 4 is 11.8 Å². The number of nitrogens with zero attached hydrogens (tertiary/aromatic N) is 2. The summed E-state index contributed by atoms with van der Waals surface area (Å²) in [5.74, 6) is 2.93. The van der Waals surface area contributed by atoms with Gasteiger partial charge in [-0.25, -0.2) is 0 Å². The first-order chi connectivity index (χ1) is 11.5. The molecule has 5 fully saturated rings. The van der Waals surface area contributed by atoms with Gasteiger partial charge in [0.1, 0.15) is 0 Å². The Morgan fingerprint density at radius 1 is 0.958 bits per heavy atom. The number of nitrogens with one attached hydrogen (secondary N) is 1.